The Bertz CT molecular complexity index is 3370. The van der Waals surface area contributed by atoms with Crippen molar-refractivity contribution < 1.29 is 0 Å². The summed E-state index contributed by atoms with van der Waals surface area (Å²) < 4.78 is 0. The normalized spacial score (nSPS) is 15.2. The van der Waals surface area contributed by atoms with Crippen LogP contribution in [0.2, 0.25) is 0 Å². The molecular formula is C59H38N2S. The molecule has 0 amide bonds. The second-order valence-corrected chi connectivity index (χ2v) is 17.6. The molecule has 3 heteroatoms. The molecule has 1 spiro atoms. The third-order valence-corrected chi connectivity index (χ3v) is 14.7. The van der Waals surface area contributed by atoms with Crippen LogP contribution in [0.25, 0.3) is 54.9 Å². The molecule has 0 bridgehead atoms. The summed E-state index contributed by atoms with van der Waals surface area (Å²) in [5.74, 6) is 0. The summed E-state index contributed by atoms with van der Waals surface area (Å²) in [7, 11) is 0. The molecule has 10 aromatic rings. The number of hydrogen-bond donors (Lipinski definition) is 1. The van der Waals surface area contributed by atoms with Crippen LogP contribution >= 0.6 is 11.8 Å². The molecule has 2 aliphatic heterocycles. The van der Waals surface area contributed by atoms with Gasteiger partial charge in [-0.15, -0.1) is 0 Å². The van der Waals surface area contributed by atoms with Crippen molar-refractivity contribution in [3.63, 3.8) is 0 Å². The highest BCUT2D eigenvalue weighted by Crippen LogP contribution is 2.65. The number of rotatable bonds is 4. The Hall–Kier alpha value is -7.46. The minimum atomic E-state index is -0.490. The van der Waals surface area contributed by atoms with Crippen LogP contribution in [0.3, 0.4) is 0 Å². The Labute approximate surface area is 365 Å². The zero-order valence-corrected chi connectivity index (χ0v) is 34.5. The minimum absolute atomic E-state index is 0.231. The fourth-order valence-electron chi connectivity index (χ4n) is 10.6. The standard InChI is InChI=1S/C59H38N2S/c1-2-13-37(14-3-1)38-25-29-42(30-26-38)55-48-20-9-11-24-53(48)60-58(61-55)43-31-27-41(28-32-43)44-21-12-23-50-54(44)47-19-8-10-22-49(47)59(50)51-35-33-39-15-4-6-17-45(39)56(51)62-57-46-18-7-5-16-40(46)34-36-52(57)59/h1-36,58,60H. The molecule has 0 aromatic heterocycles. The Balaban J connectivity index is 0.952. The maximum atomic E-state index is 5.40. The molecule has 0 fully saturated rings. The zero-order valence-electron chi connectivity index (χ0n) is 33.7. The van der Waals surface area contributed by atoms with Crippen molar-refractivity contribution in [3.05, 3.63) is 257 Å². The lowest BCUT2D eigenvalue weighted by Crippen LogP contribution is -2.32. The SMILES string of the molecule is c1ccc(-c2ccc(C3=NC(c4ccc(-c5cccc6c5-c5ccccc5C65c6ccc7ccccc7c6Sc6c5ccc5ccccc65)cc4)Nc4ccccc43)cc2)cc1. The van der Waals surface area contributed by atoms with E-state index in [1.807, 2.05) is 11.8 Å². The van der Waals surface area contributed by atoms with Crippen LogP contribution in [0, 0.1) is 0 Å². The molecule has 290 valence electrons. The van der Waals surface area contributed by atoms with Crippen molar-refractivity contribution in [2.45, 2.75) is 21.4 Å². The Morgan fingerprint density at radius 2 is 0.935 bits per heavy atom. The predicted molar refractivity (Wildman–Crippen MR) is 259 cm³/mol. The van der Waals surface area contributed by atoms with Crippen molar-refractivity contribution in [2.75, 3.05) is 5.32 Å². The molecule has 2 nitrogen and oxygen atoms in total. The highest BCUT2D eigenvalue weighted by atomic mass is 32.2. The van der Waals surface area contributed by atoms with Gasteiger partial charge in [-0.1, -0.05) is 224 Å². The molecule has 13 rings (SSSR count). The maximum Gasteiger partial charge on any atom is 0.145 e. The number of para-hydroxylation sites is 1. The minimum Gasteiger partial charge on any atom is -0.360 e. The first-order chi connectivity index (χ1) is 30.7. The second-order valence-electron chi connectivity index (χ2n) is 16.6. The van der Waals surface area contributed by atoms with Crippen molar-refractivity contribution in [2.24, 2.45) is 4.99 Å². The van der Waals surface area contributed by atoms with E-state index in [4.69, 9.17) is 4.99 Å². The van der Waals surface area contributed by atoms with E-state index >= 15 is 0 Å². The van der Waals surface area contributed by atoms with Gasteiger partial charge in [-0.2, -0.15) is 0 Å². The smallest absolute Gasteiger partial charge is 0.145 e. The van der Waals surface area contributed by atoms with Gasteiger partial charge in [-0.05, 0) is 88.8 Å². The van der Waals surface area contributed by atoms with Crippen molar-refractivity contribution in [1.82, 2.24) is 0 Å². The van der Waals surface area contributed by atoms with Crippen molar-refractivity contribution in [3.8, 4) is 33.4 Å². The lowest BCUT2D eigenvalue weighted by atomic mass is 9.66. The summed E-state index contributed by atoms with van der Waals surface area (Å²) in [4.78, 5) is 8.09. The molecule has 2 heterocycles. The third kappa shape index (κ3) is 5.16. The number of anilines is 1. The van der Waals surface area contributed by atoms with Gasteiger partial charge >= 0.3 is 0 Å². The summed E-state index contributed by atoms with van der Waals surface area (Å²) >= 11 is 1.94. The zero-order chi connectivity index (χ0) is 40.8. The molecule has 1 N–H and O–H groups in total. The molecule has 62 heavy (non-hydrogen) atoms. The third-order valence-electron chi connectivity index (χ3n) is 13.4. The van der Waals surface area contributed by atoms with Crippen LogP contribution in [0.1, 0.15) is 45.1 Å². The van der Waals surface area contributed by atoms with Gasteiger partial charge in [0.25, 0.3) is 0 Å². The molecule has 0 radical (unpaired) electrons. The number of benzene rings is 10. The largest absolute Gasteiger partial charge is 0.360 e. The topological polar surface area (TPSA) is 24.4 Å². The van der Waals surface area contributed by atoms with Crippen molar-refractivity contribution in [1.29, 1.82) is 0 Å². The van der Waals surface area contributed by atoms with E-state index in [1.54, 1.807) is 0 Å². The van der Waals surface area contributed by atoms with Crippen LogP contribution in [0.15, 0.2) is 233 Å². The van der Waals surface area contributed by atoms with Gasteiger partial charge in [0.2, 0.25) is 0 Å². The highest BCUT2D eigenvalue weighted by Gasteiger charge is 2.51. The first-order valence-corrected chi connectivity index (χ1v) is 22.2. The van der Waals surface area contributed by atoms with E-state index in [0.29, 0.717) is 0 Å². The average molecular weight is 807 g/mol. The Kier molecular flexibility index (Phi) is 7.85. The van der Waals surface area contributed by atoms with Crippen molar-refractivity contribution >= 4 is 44.7 Å². The molecule has 1 aliphatic carbocycles. The van der Waals surface area contributed by atoms with E-state index in [1.165, 1.54) is 87.0 Å². The lowest BCUT2D eigenvalue weighted by Gasteiger charge is -2.40. The maximum absolute atomic E-state index is 5.40. The fourth-order valence-corrected chi connectivity index (χ4v) is 12.0. The lowest BCUT2D eigenvalue weighted by molar-refractivity contribution is 0.729. The van der Waals surface area contributed by atoms with Crippen LogP contribution in [-0.4, -0.2) is 5.71 Å². The number of nitrogens with zero attached hydrogens (tertiary/aromatic N) is 1. The fraction of sp³-hybridized carbons (Fsp3) is 0.0339. The van der Waals surface area contributed by atoms with Gasteiger partial charge in [0.15, 0.2) is 0 Å². The highest BCUT2D eigenvalue weighted by molar-refractivity contribution is 8.00. The Morgan fingerprint density at radius 3 is 1.66 bits per heavy atom. The van der Waals surface area contributed by atoms with Crippen LogP contribution in [0.4, 0.5) is 5.69 Å². The van der Waals surface area contributed by atoms with Gasteiger partial charge in [0, 0.05) is 26.6 Å². The van der Waals surface area contributed by atoms with E-state index < -0.39 is 5.41 Å². The van der Waals surface area contributed by atoms with Crippen LogP contribution in [-0.2, 0) is 5.41 Å². The summed E-state index contributed by atoms with van der Waals surface area (Å²) in [6.07, 6.45) is -0.231. The molecular weight excluding hydrogens is 769 g/mol. The van der Waals surface area contributed by atoms with Crippen LogP contribution in [0.5, 0.6) is 0 Å². The number of nitrogens with one attached hydrogen (secondary N) is 1. The molecule has 10 aromatic carbocycles. The van der Waals surface area contributed by atoms with E-state index in [-0.39, 0.29) is 6.17 Å². The van der Waals surface area contributed by atoms with E-state index in [9.17, 15) is 0 Å². The molecule has 0 saturated carbocycles. The molecule has 0 saturated heterocycles. The summed E-state index contributed by atoms with van der Waals surface area (Å²) in [6, 6.07) is 80.4. The molecule has 1 unspecified atom stereocenters. The second kappa shape index (κ2) is 13.8. The number of fused-ring (bicyclic) bond motifs is 14. The monoisotopic (exact) mass is 806 g/mol. The summed E-state index contributed by atoms with van der Waals surface area (Å²) in [5, 5.41) is 8.91. The van der Waals surface area contributed by atoms with Gasteiger partial charge in [0.1, 0.15) is 6.17 Å². The van der Waals surface area contributed by atoms with E-state index in [2.05, 4.69) is 224 Å². The Morgan fingerprint density at radius 1 is 0.387 bits per heavy atom. The predicted octanol–water partition coefficient (Wildman–Crippen LogP) is 15.1. The first-order valence-electron chi connectivity index (χ1n) is 21.4. The molecule has 1 atom stereocenters. The first kappa shape index (κ1) is 35.3. The summed E-state index contributed by atoms with van der Waals surface area (Å²) in [5.41, 5.74) is 17.8. The van der Waals surface area contributed by atoms with Gasteiger partial charge in [-0.3, -0.25) is 4.99 Å². The average Bonchev–Trinajstić information content (AvgIpc) is 3.64. The van der Waals surface area contributed by atoms with Gasteiger partial charge < -0.3 is 5.32 Å². The summed E-state index contributed by atoms with van der Waals surface area (Å²) in [6.45, 7) is 0. The van der Waals surface area contributed by atoms with Gasteiger partial charge in [-0.25, -0.2) is 0 Å². The van der Waals surface area contributed by atoms with E-state index in [0.717, 1.165) is 28.1 Å². The van der Waals surface area contributed by atoms with Gasteiger partial charge in [0.05, 0.1) is 11.1 Å². The molecule has 3 aliphatic rings. The number of aliphatic imine (C=N–C) groups is 1. The number of hydrogen-bond acceptors (Lipinski definition) is 3. The quantitative estimate of drug-likeness (QED) is 0.192. The van der Waals surface area contributed by atoms with Crippen LogP contribution < -0.4 is 5.32 Å².